The van der Waals surface area contributed by atoms with Crippen LogP contribution in [-0.2, 0) is 6.54 Å². The summed E-state index contributed by atoms with van der Waals surface area (Å²) >= 11 is 0. The van der Waals surface area contributed by atoms with Gasteiger partial charge < -0.3 is 9.73 Å². The first-order valence-corrected chi connectivity index (χ1v) is 4.83. The molecule has 2 N–H and O–H groups in total. The molecule has 1 aromatic heterocycles. The molecule has 2 aromatic rings. The Hall–Kier alpha value is -1.76. The van der Waals surface area contributed by atoms with Crippen molar-refractivity contribution in [2.24, 2.45) is 0 Å². The Morgan fingerprint density at radius 2 is 2.12 bits per heavy atom. The van der Waals surface area contributed by atoms with Crippen molar-refractivity contribution in [3.63, 3.8) is 0 Å². The van der Waals surface area contributed by atoms with E-state index >= 15 is 0 Å². The fourth-order valence-electron chi connectivity index (χ4n) is 1.46. The van der Waals surface area contributed by atoms with E-state index in [0.29, 0.717) is 16.7 Å². The van der Waals surface area contributed by atoms with Crippen molar-refractivity contribution < 1.29 is 17.6 Å². The fourth-order valence-corrected chi connectivity index (χ4v) is 1.46. The smallest absolute Gasteiger partial charge is 0.408 e. The first kappa shape index (κ1) is 11.7. The highest BCUT2D eigenvalue weighted by molar-refractivity contribution is 5.72. The monoisotopic (exact) mass is 246 g/mol. The Labute approximate surface area is 93.4 Å². The number of benzene rings is 1. The zero-order chi connectivity index (χ0) is 12.5. The van der Waals surface area contributed by atoms with E-state index in [9.17, 15) is 18.0 Å². The van der Waals surface area contributed by atoms with Gasteiger partial charge in [-0.3, -0.25) is 4.98 Å². The molecule has 7 heteroatoms. The lowest BCUT2D eigenvalue weighted by molar-refractivity contribution is -0.125. The number of hydrogen-bond acceptors (Lipinski definition) is 3. The van der Waals surface area contributed by atoms with Crippen LogP contribution in [0, 0.1) is 0 Å². The molecule has 0 bridgehead atoms. The van der Waals surface area contributed by atoms with Crippen LogP contribution in [0.1, 0.15) is 5.56 Å². The second-order valence-corrected chi connectivity index (χ2v) is 3.56. The lowest BCUT2D eigenvalue weighted by Crippen LogP contribution is -2.28. The van der Waals surface area contributed by atoms with Gasteiger partial charge in [-0.2, -0.15) is 13.2 Å². The quantitative estimate of drug-likeness (QED) is 0.867. The molecule has 0 amide bonds. The van der Waals surface area contributed by atoms with Gasteiger partial charge in [-0.15, -0.1) is 0 Å². The second-order valence-electron chi connectivity index (χ2n) is 3.56. The molecule has 0 radical (unpaired) electrons. The van der Waals surface area contributed by atoms with E-state index in [4.69, 9.17) is 4.42 Å². The molecule has 2 rings (SSSR count). The number of H-pyrrole nitrogens is 1. The van der Waals surface area contributed by atoms with Gasteiger partial charge in [-0.25, -0.2) is 4.79 Å². The summed E-state index contributed by atoms with van der Waals surface area (Å²) in [5.74, 6) is -0.583. The molecule has 1 aromatic carbocycles. The van der Waals surface area contributed by atoms with Gasteiger partial charge in [-0.05, 0) is 17.7 Å². The van der Waals surface area contributed by atoms with Crippen molar-refractivity contribution in [1.82, 2.24) is 10.3 Å². The highest BCUT2D eigenvalue weighted by Gasteiger charge is 2.26. The third kappa shape index (κ3) is 3.10. The van der Waals surface area contributed by atoms with Gasteiger partial charge in [0.15, 0.2) is 5.58 Å². The Morgan fingerprint density at radius 3 is 2.82 bits per heavy atom. The first-order chi connectivity index (χ1) is 7.94. The summed E-state index contributed by atoms with van der Waals surface area (Å²) < 4.78 is 40.4. The Balaban J connectivity index is 2.06. The van der Waals surface area contributed by atoms with Crippen LogP contribution in [0.4, 0.5) is 13.2 Å². The number of oxazole rings is 1. The third-order valence-electron chi connectivity index (χ3n) is 2.14. The van der Waals surface area contributed by atoms with Gasteiger partial charge in [0.05, 0.1) is 12.1 Å². The molecule has 0 spiro atoms. The normalized spacial score (nSPS) is 12.2. The topological polar surface area (TPSA) is 58.0 Å². The molecule has 4 nitrogen and oxygen atoms in total. The molecule has 0 unspecified atom stereocenters. The average molecular weight is 246 g/mol. The SMILES string of the molecule is O=c1[nH]c2cc(CNCC(F)(F)F)ccc2o1. The van der Waals surface area contributed by atoms with Crippen molar-refractivity contribution in [3.8, 4) is 0 Å². The summed E-state index contributed by atoms with van der Waals surface area (Å²) in [6.45, 7) is -0.977. The number of alkyl halides is 3. The zero-order valence-corrected chi connectivity index (χ0v) is 8.60. The van der Waals surface area contributed by atoms with Crippen LogP contribution in [0.15, 0.2) is 27.4 Å². The van der Waals surface area contributed by atoms with Gasteiger partial charge in [0, 0.05) is 6.54 Å². The molecule has 0 saturated carbocycles. The molecular weight excluding hydrogens is 237 g/mol. The number of aromatic nitrogens is 1. The van der Waals surface area contributed by atoms with Crippen LogP contribution in [0.25, 0.3) is 11.1 Å². The summed E-state index contributed by atoms with van der Waals surface area (Å²) in [7, 11) is 0. The summed E-state index contributed by atoms with van der Waals surface area (Å²) in [5.41, 5.74) is 1.50. The number of aromatic amines is 1. The maximum Gasteiger partial charge on any atom is 0.417 e. The van der Waals surface area contributed by atoms with E-state index in [1.807, 2.05) is 0 Å². The van der Waals surface area contributed by atoms with Gasteiger partial charge in [0.1, 0.15) is 0 Å². The summed E-state index contributed by atoms with van der Waals surface area (Å²) in [4.78, 5) is 13.3. The lowest BCUT2D eigenvalue weighted by atomic mass is 10.2. The predicted octanol–water partition coefficient (Wildman–Crippen LogP) is 1.77. The van der Waals surface area contributed by atoms with E-state index < -0.39 is 18.5 Å². The van der Waals surface area contributed by atoms with Crippen LogP contribution in [0.3, 0.4) is 0 Å². The van der Waals surface area contributed by atoms with Crippen LogP contribution in [0.5, 0.6) is 0 Å². The zero-order valence-electron chi connectivity index (χ0n) is 8.60. The maximum atomic E-state index is 11.9. The van der Waals surface area contributed by atoms with E-state index in [1.165, 1.54) is 6.07 Å². The van der Waals surface area contributed by atoms with Crippen molar-refractivity contribution >= 4 is 11.1 Å². The van der Waals surface area contributed by atoms with Gasteiger partial charge >= 0.3 is 11.9 Å². The van der Waals surface area contributed by atoms with Crippen LogP contribution in [0.2, 0.25) is 0 Å². The van der Waals surface area contributed by atoms with Crippen LogP contribution in [-0.4, -0.2) is 17.7 Å². The number of fused-ring (bicyclic) bond motifs is 1. The largest absolute Gasteiger partial charge is 0.417 e. The summed E-state index contributed by atoms with van der Waals surface area (Å²) in [5, 5.41) is 2.27. The third-order valence-corrected chi connectivity index (χ3v) is 2.14. The van der Waals surface area contributed by atoms with Gasteiger partial charge in [-0.1, -0.05) is 6.07 Å². The van der Waals surface area contributed by atoms with Crippen LogP contribution < -0.4 is 11.1 Å². The summed E-state index contributed by atoms with van der Waals surface area (Å²) in [6, 6.07) is 4.71. The minimum absolute atomic E-state index is 0.0721. The van der Waals surface area contributed by atoms with Crippen LogP contribution >= 0.6 is 0 Å². The van der Waals surface area contributed by atoms with Gasteiger partial charge in [0.25, 0.3) is 0 Å². The highest BCUT2D eigenvalue weighted by Crippen LogP contribution is 2.14. The number of halogens is 3. The van der Waals surface area contributed by atoms with Crippen molar-refractivity contribution in [2.45, 2.75) is 12.7 Å². The average Bonchev–Trinajstić information content (AvgIpc) is 2.55. The Kier molecular flexibility index (Phi) is 2.93. The molecule has 0 aliphatic rings. The lowest BCUT2D eigenvalue weighted by Gasteiger charge is -2.07. The van der Waals surface area contributed by atoms with Crippen molar-refractivity contribution in [2.75, 3.05) is 6.54 Å². The van der Waals surface area contributed by atoms with E-state index in [2.05, 4.69) is 10.3 Å². The molecule has 0 fully saturated rings. The molecule has 0 aliphatic carbocycles. The fraction of sp³-hybridized carbons (Fsp3) is 0.300. The summed E-state index contributed by atoms with van der Waals surface area (Å²) in [6.07, 6.45) is -4.23. The Bertz CT molecular complexity index is 571. The molecular formula is C10H9F3N2O2. The minimum Gasteiger partial charge on any atom is -0.408 e. The number of rotatable bonds is 3. The van der Waals surface area contributed by atoms with Crippen molar-refractivity contribution in [1.29, 1.82) is 0 Å². The second kappa shape index (κ2) is 4.25. The molecule has 1 heterocycles. The molecule has 92 valence electrons. The first-order valence-electron chi connectivity index (χ1n) is 4.83. The molecule has 0 saturated heterocycles. The highest BCUT2D eigenvalue weighted by atomic mass is 19.4. The minimum atomic E-state index is -4.23. The van der Waals surface area contributed by atoms with Crippen molar-refractivity contribution in [3.05, 3.63) is 34.3 Å². The molecule has 0 aliphatic heterocycles. The maximum absolute atomic E-state index is 11.9. The Morgan fingerprint density at radius 1 is 1.35 bits per heavy atom. The standard InChI is InChI=1S/C10H9F3N2O2/c11-10(12,13)5-14-4-6-1-2-8-7(3-6)15-9(16)17-8/h1-3,14H,4-5H2,(H,15,16). The van der Waals surface area contributed by atoms with Gasteiger partial charge in [0.2, 0.25) is 0 Å². The number of hydrogen-bond donors (Lipinski definition) is 2. The predicted molar refractivity (Wildman–Crippen MR) is 54.6 cm³/mol. The molecule has 0 atom stereocenters. The van der Waals surface area contributed by atoms with E-state index in [-0.39, 0.29) is 6.54 Å². The molecule has 17 heavy (non-hydrogen) atoms. The van der Waals surface area contributed by atoms with E-state index in [1.54, 1.807) is 12.1 Å². The number of nitrogens with one attached hydrogen (secondary N) is 2. The van der Waals surface area contributed by atoms with E-state index in [0.717, 1.165) is 0 Å².